The molecule has 0 saturated carbocycles. The van der Waals surface area contributed by atoms with Gasteiger partial charge in [-0.1, -0.05) is 36.4 Å². The second-order valence-electron chi connectivity index (χ2n) is 8.38. The lowest BCUT2D eigenvalue weighted by Crippen LogP contribution is -2.18. The Kier molecular flexibility index (Phi) is 10.6. The fourth-order valence-corrected chi connectivity index (χ4v) is 3.43. The molecule has 0 bridgehead atoms. The molecular weight excluding hydrogens is 449 g/mol. The number of hydrogen-bond donors (Lipinski definition) is 1. The van der Waals surface area contributed by atoms with Gasteiger partial charge in [-0.3, -0.25) is 9.59 Å². The number of alkyl halides is 3. The van der Waals surface area contributed by atoms with E-state index in [2.05, 4.69) is 0 Å². The SMILES string of the molecule is CC(C)OC(=O)CCCC=CC[C@H]1C=CC(=O)[C@@H]1C=CC(O)COc1cccc(C(F)(F)F)c1. The molecule has 186 valence electrons. The van der Waals surface area contributed by atoms with Crippen molar-refractivity contribution in [2.24, 2.45) is 11.8 Å². The first-order valence-corrected chi connectivity index (χ1v) is 11.3. The monoisotopic (exact) mass is 480 g/mol. The maximum absolute atomic E-state index is 12.8. The van der Waals surface area contributed by atoms with Gasteiger partial charge in [0.2, 0.25) is 0 Å². The number of unbranched alkanes of at least 4 members (excludes halogenated alkanes) is 1. The lowest BCUT2D eigenvalue weighted by molar-refractivity contribution is -0.147. The zero-order valence-corrected chi connectivity index (χ0v) is 19.3. The highest BCUT2D eigenvalue weighted by Crippen LogP contribution is 2.31. The van der Waals surface area contributed by atoms with Crippen molar-refractivity contribution in [3.8, 4) is 5.75 Å². The van der Waals surface area contributed by atoms with E-state index in [4.69, 9.17) is 9.47 Å². The standard InChI is InChI=1S/C26H31F3O5/c1-18(2)34-25(32)11-6-4-3-5-8-19-12-15-24(31)23(19)14-13-21(30)17-33-22-10-7-9-20(16-22)26(27,28)29/h3,5,7,9-10,12-16,18-19,21,23,30H,4,6,8,11,17H2,1-2H3/t19-,21?,23+/m0/s1. The number of benzene rings is 1. The van der Waals surface area contributed by atoms with Crippen molar-refractivity contribution in [3.63, 3.8) is 0 Å². The predicted octanol–water partition coefficient (Wildman–Crippen LogP) is 5.44. The molecule has 0 saturated heterocycles. The number of carbonyl (C=O) groups excluding carboxylic acids is 2. The van der Waals surface area contributed by atoms with Gasteiger partial charge in [-0.25, -0.2) is 0 Å². The summed E-state index contributed by atoms with van der Waals surface area (Å²) < 4.78 is 48.7. The normalized spacial score (nSPS) is 19.4. The first-order chi connectivity index (χ1) is 16.1. The minimum absolute atomic E-state index is 0.00127. The van der Waals surface area contributed by atoms with E-state index in [9.17, 15) is 27.9 Å². The van der Waals surface area contributed by atoms with Gasteiger partial charge in [0.1, 0.15) is 18.5 Å². The maximum atomic E-state index is 12.8. The number of hydrogen-bond acceptors (Lipinski definition) is 5. The van der Waals surface area contributed by atoms with Crippen LogP contribution < -0.4 is 4.74 Å². The Morgan fingerprint density at radius 2 is 2.00 bits per heavy atom. The van der Waals surface area contributed by atoms with Gasteiger partial charge in [-0.2, -0.15) is 13.2 Å². The molecule has 1 N–H and O–H groups in total. The highest BCUT2D eigenvalue weighted by Gasteiger charge is 2.30. The van der Waals surface area contributed by atoms with Crippen LogP contribution in [-0.2, 0) is 20.5 Å². The zero-order valence-electron chi connectivity index (χ0n) is 19.3. The number of allylic oxidation sites excluding steroid dienone is 5. The minimum atomic E-state index is -4.48. The van der Waals surface area contributed by atoms with Crippen molar-refractivity contribution in [2.75, 3.05) is 6.61 Å². The van der Waals surface area contributed by atoms with Crippen LogP contribution in [-0.4, -0.2) is 35.7 Å². The molecule has 2 rings (SSSR count). The van der Waals surface area contributed by atoms with E-state index in [1.807, 2.05) is 32.1 Å². The van der Waals surface area contributed by atoms with Crippen LogP contribution in [0, 0.1) is 11.8 Å². The Balaban J connectivity index is 1.78. The summed E-state index contributed by atoms with van der Waals surface area (Å²) in [7, 11) is 0. The van der Waals surface area contributed by atoms with E-state index >= 15 is 0 Å². The average molecular weight is 481 g/mol. The molecule has 1 aromatic carbocycles. The van der Waals surface area contributed by atoms with Crippen LogP contribution in [0.3, 0.4) is 0 Å². The number of ketones is 1. The summed E-state index contributed by atoms with van der Waals surface area (Å²) in [5, 5.41) is 10.1. The van der Waals surface area contributed by atoms with Crippen LogP contribution in [0.2, 0.25) is 0 Å². The van der Waals surface area contributed by atoms with Gasteiger partial charge in [-0.15, -0.1) is 0 Å². The molecule has 1 unspecified atom stereocenters. The summed E-state index contributed by atoms with van der Waals surface area (Å²) in [4.78, 5) is 23.7. The number of esters is 1. The molecular formula is C26H31F3O5. The summed E-state index contributed by atoms with van der Waals surface area (Å²) >= 11 is 0. The molecule has 1 aromatic rings. The molecule has 5 nitrogen and oxygen atoms in total. The third-order valence-corrected chi connectivity index (χ3v) is 5.11. The van der Waals surface area contributed by atoms with Crippen molar-refractivity contribution < 1.29 is 37.3 Å². The van der Waals surface area contributed by atoms with Crippen molar-refractivity contribution in [2.45, 2.75) is 57.9 Å². The van der Waals surface area contributed by atoms with Gasteiger partial charge >= 0.3 is 12.1 Å². The molecule has 0 fully saturated rings. The van der Waals surface area contributed by atoms with E-state index in [-0.39, 0.29) is 36.1 Å². The number of aliphatic hydroxyl groups is 1. The molecule has 3 atom stereocenters. The summed E-state index contributed by atoms with van der Waals surface area (Å²) in [5.74, 6) is -0.761. The Labute approximate surface area is 197 Å². The fourth-order valence-electron chi connectivity index (χ4n) is 3.43. The van der Waals surface area contributed by atoms with Crippen LogP contribution in [0.1, 0.15) is 45.1 Å². The van der Waals surface area contributed by atoms with Crippen molar-refractivity contribution in [1.29, 1.82) is 0 Å². The summed E-state index contributed by atoms with van der Waals surface area (Å²) in [6, 6.07) is 4.43. The van der Waals surface area contributed by atoms with E-state index in [0.29, 0.717) is 19.3 Å². The topological polar surface area (TPSA) is 72.8 Å². The molecule has 0 radical (unpaired) electrons. The number of ether oxygens (including phenoxy) is 2. The lowest BCUT2D eigenvalue weighted by Gasteiger charge is -2.14. The second kappa shape index (κ2) is 13.1. The quantitative estimate of drug-likeness (QED) is 0.245. The first kappa shape index (κ1) is 27.4. The van der Waals surface area contributed by atoms with Crippen LogP contribution >= 0.6 is 0 Å². The molecule has 0 spiro atoms. The predicted molar refractivity (Wildman–Crippen MR) is 122 cm³/mol. The van der Waals surface area contributed by atoms with Gasteiger partial charge in [0.15, 0.2) is 5.78 Å². The molecule has 8 heteroatoms. The molecule has 0 amide bonds. The number of halogens is 3. The molecule has 0 heterocycles. The van der Waals surface area contributed by atoms with E-state index in [1.165, 1.54) is 24.3 Å². The van der Waals surface area contributed by atoms with Gasteiger partial charge < -0.3 is 14.6 Å². The highest BCUT2D eigenvalue weighted by atomic mass is 19.4. The van der Waals surface area contributed by atoms with Crippen LogP contribution in [0.5, 0.6) is 5.75 Å². The zero-order chi connectivity index (χ0) is 25.1. The lowest BCUT2D eigenvalue weighted by atomic mass is 9.91. The largest absolute Gasteiger partial charge is 0.491 e. The van der Waals surface area contributed by atoms with Crippen molar-refractivity contribution in [1.82, 2.24) is 0 Å². The minimum Gasteiger partial charge on any atom is -0.491 e. The molecule has 1 aliphatic rings. The van der Waals surface area contributed by atoms with Crippen LogP contribution in [0.15, 0.2) is 60.7 Å². The Bertz CT molecular complexity index is 902. The second-order valence-corrected chi connectivity index (χ2v) is 8.38. The fraction of sp³-hybridized carbons (Fsp3) is 0.462. The van der Waals surface area contributed by atoms with E-state index in [0.717, 1.165) is 18.6 Å². The molecule has 0 aliphatic heterocycles. The van der Waals surface area contributed by atoms with Gasteiger partial charge in [-0.05, 0) is 63.3 Å². The van der Waals surface area contributed by atoms with E-state index < -0.39 is 23.8 Å². The average Bonchev–Trinajstić information content (AvgIpc) is 3.11. The van der Waals surface area contributed by atoms with E-state index in [1.54, 1.807) is 6.08 Å². The van der Waals surface area contributed by atoms with Crippen molar-refractivity contribution in [3.05, 3.63) is 66.3 Å². The Morgan fingerprint density at radius 3 is 2.71 bits per heavy atom. The summed E-state index contributed by atoms with van der Waals surface area (Å²) in [6.45, 7) is 3.37. The maximum Gasteiger partial charge on any atom is 0.416 e. The molecule has 34 heavy (non-hydrogen) atoms. The summed E-state index contributed by atoms with van der Waals surface area (Å²) in [5.41, 5.74) is -0.830. The number of rotatable bonds is 12. The molecule has 0 aromatic heterocycles. The summed E-state index contributed by atoms with van der Waals surface area (Å²) in [6.07, 6.45) is 7.05. The Morgan fingerprint density at radius 1 is 1.24 bits per heavy atom. The van der Waals surface area contributed by atoms with Crippen molar-refractivity contribution >= 4 is 11.8 Å². The third kappa shape index (κ3) is 9.55. The highest BCUT2D eigenvalue weighted by molar-refractivity contribution is 5.95. The van der Waals surface area contributed by atoms with Crippen LogP contribution in [0.4, 0.5) is 13.2 Å². The number of carbonyl (C=O) groups is 2. The van der Waals surface area contributed by atoms with Gasteiger partial charge in [0.05, 0.1) is 11.7 Å². The number of aliphatic hydroxyl groups excluding tert-OH is 1. The Hall–Kier alpha value is -2.87. The third-order valence-electron chi connectivity index (χ3n) is 5.11. The van der Waals surface area contributed by atoms with Gasteiger partial charge in [0.25, 0.3) is 0 Å². The molecule has 1 aliphatic carbocycles. The first-order valence-electron chi connectivity index (χ1n) is 11.3. The van der Waals surface area contributed by atoms with Gasteiger partial charge in [0, 0.05) is 12.3 Å². The van der Waals surface area contributed by atoms with Crippen LogP contribution in [0.25, 0.3) is 0 Å². The smallest absolute Gasteiger partial charge is 0.416 e.